The Bertz CT molecular complexity index is 367. The summed E-state index contributed by atoms with van der Waals surface area (Å²) in [6.45, 7) is 2.11. The molecule has 1 atom stereocenters. The molecule has 0 amide bonds. The number of esters is 1. The Balaban J connectivity index is 2.47. The molecule has 2 N–H and O–H groups in total. The molecule has 1 aliphatic rings. The predicted molar refractivity (Wildman–Crippen MR) is 86.4 cm³/mol. The molecule has 6 heteroatoms. The second kappa shape index (κ2) is 11.8. The summed E-state index contributed by atoms with van der Waals surface area (Å²) in [4.78, 5) is 12.1. The molecule has 5 nitrogen and oxygen atoms in total. The first-order valence-electron chi connectivity index (χ1n) is 8.27. The fourth-order valence-electron chi connectivity index (χ4n) is 2.72. The van der Waals surface area contributed by atoms with Crippen molar-refractivity contribution in [2.45, 2.75) is 70.9 Å². The minimum atomic E-state index is -0.585. The molecule has 0 aromatic heterocycles. The van der Waals surface area contributed by atoms with E-state index in [1.807, 2.05) is 6.08 Å². The minimum Gasteiger partial charge on any atom is -0.443 e. The van der Waals surface area contributed by atoms with Gasteiger partial charge in [-0.2, -0.15) is 0 Å². The van der Waals surface area contributed by atoms with Gasteiger partial charge in [-0.3, -0.25) is 10.3 Å². The van der Waals surface area contributed by atoms with E-state index in [0.29, 0.717) is 17.9 Å². The van der Waals surface area contributed by atoms with Crippen molar-refractivity contribution in [1.82, 2.24) is 0 Å². The lowest BCUT2D eigenvalue weighted by Gasteiger charge is -2.14. The van der Waals surface area contributed by atoms with Crippen LogP contribution in [-0.2, 0) is 18.6 Å². The van der Waals surface area contributed by atoms with Crippen LogP contribution in [0.1, 0.15) is 64.7 Å². The van der Waals surface area contributed by atoms with E-state index in [1.165, 1.54) is 25.7 Å². The van der Waals surface area contributed by atoms with Crippen LogP contribution in [0.15, 0.2) is 11.6 Å². The van der Waals surface area contributed by atoms with Crippen molar-refractivity contribution in [2.24, 2.45) is 11.7 Å². The lowest BCUT2D eigenvalue weighted by atomic mass is 10.0. The molecule has 1 fully saturated rings. The average Bonchev–Trinajstić information content (AvgIpc) is 3.00. The summed E-state index contributed by atoms with van der Waals surface area (Å²) in [6, 6.07) is 0. The number of nitrogens with two attached hydrogens (primary N) is 1. The molecule has 1 unspecified atom stereocenters. The zero-order chi connectivity index (χ0) is 16.2. The van der Waals surface area contributed by atoms with E-state index >= 15 is 0 Å². The predicted octanol–water partition coefficient (Wildman–Crippen LogP) is 4.12. The van der Waals surface area contributed by atoms with Crippen molar-refractivity contribution in [3.8, 4) is 0 Å². The molecule has 1 saturated carbocycles. The lowest BCUT2D eigenvalue weighted by molar-refractivity contribution is -0.144. The topological polar surface area (TPSA) is 78.6 Å². The fourth-order valence-corrected chi connectivity index (χ4v) is 2.91. The van der Waals surface area contributed by atoms with Gasteiger partial charge in [-0.05, 0) is 25.2 Å². The van der Waals surface area contributed by atoms with Gasteiger partial charge in [-0.15, -0.1) is 0 Å². The number of carbonyl (C=O) groups is 1. The third kappa shape index (κ3) is 8.02. The molecule has 0 aliphatic heterocycles. The molecule has 0 spiro atoms. The van der Waals surface area contributed by atoms with Crippen LogP contribution >= 0.6 is 8.69 Å². The molecule has 1 rings (SSSR count). The Morgan fingerprint density at radius 3 is 2.73 bits per heavy atom. The van der Waals surface area contributed by atoms with Crippen molar-refractivity contribution < 1.29 is 18.6 Å². The van der Waals surface area contributed by atoms with Crippen LogP contribution in [0.2, 0.25) is 0 Å². The van der Waals surface area contributed by atoms with Crippen molar-refractivity contribution in [3.05, 3.63) is 11.6 Å². The number of carbonyl (C=O) groups excluding carboxylic acids is 1. The van der Waals surface area contributed by atoms with E-state index in [1.54, 1.807) is 0 Å². The van der Waals surface area contributed by atoms with E-state index in [0.717, 1.165) is 25.7 Å². The second-order valence-electron chi connectivity index (χ2n) is 5.90. The van der Waals surface area contributed by atoms with E-state index in [-0.39, 0.29) is 6.61 Å². The maximum Gasteiger partial charge on any atom is 0.337 e. The normalized spacial score (nSPS) is 17.8. The SMILES string of the molecule is CCCCCC(N)OC(=O)/C(=C/CC1CCCC1)COP=O. The number of hydrogen-bond acceptors (Lipinski definition) is 5. The first-order valence-corrected chi connectivity index (χ1v) is 9.00. The van der Waals surface area contributed by atoms with Crippen LogP contribution in [0.3, 0.4) is 0 Å². The second-order valence-corrected chi connectivity index (χ2v) is 6.31. The molecule has 0 heterocycles. The highest BCUT2D eigenvalue weighted by Gasteiger charge is 2.18. The smallest absolute Gasteiger partial charge is 0.337 e. The average molecular weight is 329 g/mol. The van der Waals surface area contributed by atoms with Crippen LogP contribution in [0.25, 0.3) is 0 Å². The van der Waals surface area contributed by atoms with Crippen molar-refractivity contribution in [1.29, 1.82) is 0 Å². The summed E-state index contributed by atoms with van der Waals surface area (Å²) in [5.41, 5.74) is 6.24. The van der Waals surface area contributed by atoms with Gasteiger partial charge in [0, 0.05) is 0 Å². The standard InChI is InChI=1S/C16H28NO4P/c1-2-3-4-9-15(17)21-16(18)14(12-20-22-19)11-10-13-7-5-6-8-13/h11,13,15H,2-10,12,17H2,1H3/b14-11+. The van der Waals surface area contributed by atoms with E-state index in [2.05, 4.69) is 6.92 Å². The Morgan fingerprint density at radius 2 is 2.09 bits per heavy atom. The quantitative estimate of drug-likeness (QED) is 0.203. The Labute approximate surface area is 134 Å². The highest BCUT2D eigenvalue weighted by atomic mass is 31.1. The third-order valence-corrected chi connectivity index (χ3v) is 4.29. The maximum atomic E-state index is 12.1. The van der Waals surface area contributed by atoms with Gasteiger partial charge in [0.15, 0.2) is 6.23 Å². The molecule has 0 aromatic carbocycles. The summed E-state index contributed by atoms with van der Waals surface area (Å²) in [7, 11) is -0.434. The zero-order valence-corrected chi connectivity index (χ0v) is 14.4. The molecular formula is C16H28NO4P. The first-order chi connectivity index (χ1) is 10.7. The van der Waals surface area contributed by atoms with Crippen molar-refractivity contribution in [3.63, 3.8) is 0 Å². The summed E-state index contributed by atoms with van der Waals surface area (Å²) in [6.07, 6.45) is 10.8. The van der Waals surface area contributed by atoms with Gasteiger partial charge < -0.3 is 4.74 Å². The molecule has 0 bridgehead atoms. The van der Waals surface area contributed by atoms with Crippen LogP contribution in [0.4, 0.5) is 0 Å². The van der Waals surface area contributed by atoms with Crippen molar-refractivity contribution >= 4 is 14.7 Å². The highest BCUT2D eigenvalue weighted by Crippen LogP contribution is 2.28. The van der Waals surface area contributed by atoms with E-state index < -0.39 is 20.9 Å². The molecule has 0 aromatic rings. The Morgan fingerprint density at radius 1 is 1.36 bits per heavy atom. The lowest BCUT2D eigenvalue weighted by Crippen LogP contribution is -2.28. The molecule has 1 aliphatic carbocycles. The molecule has 0 radical (unpaired) electrons. The van der Waals surface area contributed by atoms with Gasteiger partial charge in [0.2, 0.25) is 0 Å². The third-order valence-electron chi connectivity index (χ3n) is 4.06. The maximum absolute atomic E-state index is 12.1. The molecular weight excluding hydrogens is 301 g/mol. The number of unbranched alkanes of at least 4 members (excludes halogenated alkanes) is 2. The number of ether oxygens (including phenoxy) is 1. The number of hydrogen-bond donors (Lipinski definition) is 1. The van der Waals surface area contributed by atoms with Crippen LogP contribution in [0, 0.1) is 5.92 Å². The fraction of sp³-hybridized carbons (Fsp3) is 0.812. The summed E-state index contributed by atoms with van der Waals surface area (Å²) >= 11 is 0. The largest absolute Gasteiger partial charge is 0.443 e. The molecule has 126 valence electrons. The highest BCUT2D eigenvalue weighted by molar-refractivity contribution is 7.17. The first kappa shape index (κ1) is 19.3. The minimum absolute atomic E-state index is 0.00170. The summed E-state index contributed by atoms with van der Waals surface area (Å²) < 4.78 is 20.5. The van der Waals surface area contributed by atoms with Gasteiger partial charge in [0.05, 0.1) is 12.2 Å². The Hall–Kier alpha value is -0.770. The molecule has 22 heavy (non-hydrogen) atoms. The Kier molecular flexibility index (Phi) is 10.3. The van der Waals surface area contributed by atoms with Gasteiger partial charge in [0.1, 0.15) is 0 Å². The van der Waals surface area contributed by atoms with E-state index in [9.17, 15) is 9.36 Å². The van der Waals surface area contributed by atoms with Gasteiger partial charge in [-0.1, -0.05) is 51.5 Å². The van der Waals surface area contributed by atoms with Crippen molar-refractivity contribution in [2.75, 3.05) is 6.61 Å². The molecule has 0 saturated heterocycles. The van der Waals surface area contributed by atoms with Gasteiger partial charge >= 0.3 is 14.7 Å². The van der Waals surface area contributed by atoms with Crippen LogP contribution in [0.5, 0.6) is 0 Å². The monoisotopic (exact) mass is 329 g/mol. The summed E-state index contributed by atoms with van der Waals surface area (Å²) in [5, 5.41) is 0. The number of allylic oxidation sites excluding steroid dienone is 1. The zero-order valence-electron chi connectivity index (χ0n) is 13.5. The van der Waals surface area contributed by atoms with Gasteiger partial charge in [-0.25, -0.2) is 9.36 Å². The van der Waals surface area contributed by atoms with Crippen LogP contribution < -0.4 is 5.73 Å². The van der Waals surface area contributed by atoms with Crippen LogP contribution in [-0.4, -0.2) is 18.8 Å². The summed E-state index contributed by atoms with van der Waals surface area (Å²) in [5.74, 6) is 0.177. The van der Waals surface area contributed by atoms with E-state index in [4.69, 9.17) is 15.0 Å². The number of rotatable bonds is 11. The van der Waals surface area contributed by atoms with Gasteiger partial charge in [0.25, 0.3) is 0 Å².